The summed E-state index contributed by atoms with van der Waals surface area (Å²) >= 11 is 5.93. The molecule has 0 saturated heterocycles. The molecule has 0 spiro atoms. The maximum atomic E-state index is 11.7. The molecule has 0 heterocycles. The van der Waals surface area contributed by atoms with Crippen molar-refractivity contribution in [3.63, 3.8) is 0 Å². The topological polar surface area (TPSA) is 93.7 Å². The summed E-state index contributed by atoms with van der Waals surface area (Å²) in [6.07, 6.45) is 1.38. The minimum atomic E-state index is -0.528. The van der Waals surface area contributed by atoms with Crippen molar-refractivity contribution in [1.82, 2.24) is 10.9 Å². The van der Waals surface area contributed by atoms with E-state index in [4.69, 9.17) is 21.1 Å². The number of nitrogens with one attached hydrogen (secondary N) is 2. The summed E-state index contributed by atoms with van der Waals surface area (Å²) in [7, 11) is 0. The molecule has 2 aromatic carbocycles. The molecule has 0 aliphatic rings. The van der Waals surface area contributed by atoms with Gasteiger partial charge in [-0.15, -0.1) is 0 Å². The highest BCUT2D eigenvalue weighted by molar-refractivity contribution is 6.31. The van der Waals surface area contributed by atoms with Crippen LogP contribution in [0.4, 0.5) is 0 Å². The normalized spacial score (nSPS) is 10.2. The Kier molecular flexibility index (Phi) is 9.67. The smallest absolute Gasteiger partial charge is 0.306 e. The van der Waals surface area contributed by atoms with Gasteiger partial charge in [-0.1, -0.05) is 41.9 Å². The molecule has 8 heteroatoms. The lowest BCUT2D eigenvalue weighted by Crippen LogP contribution is -2.43. The Morgan fingerprint density at radius 3 is 2.43 bits per heavy atom. The highest BCUT2D eigenvalue weighted by Gasteiger charge is 2.10. The third kappa shape index (κ3) is 8.96. The fourth-order valence-electron chi connectivity index (χ4n) is 2.49. The number of esters is 1. The molecule has 2 amide bonds. The number of aryl methyl sites for hydroxylation is 2. The van der Waals surface area contributed by atoms with E-state index in [1.807, 2.05) is 37.3 Å². The van der Waals surface area contributed by atoms with E-state index in [2.05, 4.69) is 10.9 Å². The first-order valence-corrected chi connectivity index (χ1v) is 9.98. The van der Waals surface area contributed by atoms with Gasteiger partial charge in [0.05, 0.1) is 13.0 Å². The zero-order valence-corrected chi connectivity index (χ0v) is 17.5. The van der Waals surface area contributed by atoms with Gasteiger partial charge in [-0.3, -0.25) is 25.2 Å². The number of hydrogen-bond donors (Lipinski definition) is 2. The summed E-state index contributed by atoms with van der Waals surface area (Å²) in [6, 6.07) is 14.9. The zero-order valence-electron chi connectivity index (χ0n) is 16.8. The van der Waals surface area contributed by atoms with Gasteiger partial charge in [-0.05, 0) is 49.1 Å². The van der Waals surface area contributed by atoms with Crippen molar-refractivity contribution in [3.05, 3.63) is 64.7 Å². The SMILES string of the molecule is Cc1cc(OCC(=O)NNC(=O)CCC(=O)OCCCc2ccccc2)ccc1Cl. The predicted molar refractivity (Wildman–Crippen MR) is 113 cm³/mol. The Morgan fingerprint density at radius 2 is 1.70 bits per heavy atom. The van der Waals surface area contributed by atoms with Crippen molar-refractivity contribution in [2.24, 2.45) is 0 Å². The summed E-state index contributed by atoms with van der Waals surface area (Å²) in [6.45, 7) is 1.85. The molecule has 0 radical (unpaired) electrons. The molecule has 0 aromatic heterocycles. The van der Waals surface area contributed by atoms with Crippen molar-refractivity contribution in [1.29, 1.82) is 0 Å². The van der Waals surface area contributed by atoms with Crippen LogP contribution in [-0.2, 0) is 25.5 Å². The minimum Gasteiger partial charge on any atom is -0.484 e. The Balaban J connectivity index is 1.53. The van der Waals surface area contributed by atoms with Crippen LogP contribution in [0, 0.1) is 6.92 Å². The Morgan fingerprint density at radius 1 is 0.967 bits per heavy atom. The number of hydrogen-bond acceptors (Lipinski definition) is 5. The predicted octanol–water partition coefficient (Wildman–Crippen LogP) is 3.13. The van der Waals surface area contributed by atoms with Crippen LogP contribution < -0.4 is 15.6 Å². The lowest BCUT2D eigenvalue weighted by Gasteiger charge is -2.09. The van der Waals surface area contributed by atoms with E-state index in [9.17, 15) is 14.4 Å². The van der Waals surface area contributed by atoms with Crippen LogP contribution in [0.2, 0.25) is 5.02 Å². The zero-order chi connectivity index (χ0) is 21.8. The molecule has 0 aliphatic carbocycles. The van der Waals surface area contributed by atoms with Crippen LogP contribution in [-0.4, -0.2) is 31.0 Å². The highest BCUT2D eigenvalue weighted by atomic mass is 35.5. The van der Waals surface area contributed by atoms with Gasteiger partial charge in [0.1, 0.15) is 5.75 Å². The summed E-state index contributed by atoms with van der Waals surface area (Å²) in [4.78, 5) is 35.2. The molecule has 2 rings (SSSR count). The number of hydrazine groups is 1. The second-order valence-electron chi connectivity index (χ2n) is 6.61. The number of carbonyl (C=O) groups excluding carboxylic acids is 3. The molecule has 0 saturated carbocycles. The van der Waals surface area contributed by atoms with E-state index in [-0.39, 0.29) is 19.4 Å². The van der Waals surface area contributed by atoms with Crippen LogP contribution in [0.25, 0.3) is 0 Å². The number of halogens is 1. The van der Waals surface area contributed by atoms with Gasteiger partial charge >= 0.3 is 5.97 Å². The van der Waals surface area contributed by atoms with Gasteiger partial charge in [0.2, 0.25) is 5.91 Å². The molecule has 30 heavy (non-hydrogen) atoms. The fourth-order valence-corrected chi connectivity index (χ4v) is 2.61. The summed E-state index contributed by atoms with van der Waals surface area (Å²) in [5.41, 5.74) is 6.48. The summed E-state index contributed by atoms with van der Waals surface area (Å²) in [5, 5.41) is 0.605. The molecule has 0 unspecified atom stereocenters. The second-order valence-corrected chi connectivity index (χ2v) is 7.01. The molecule has 0 bridgehead atoms. The van der Waals surface area contributed by atoms with Gasteiger partial charge < -0.3 is 9.47 Å². The number of ether oxygens (including phenoxy) is 2. The van der Waals surface area contributed by atoms with Crippen molar-refractivity contribution >= 4 is 29.4 Å². The van der Waals surface area contributed by atoms with Gasteiger partial charge in [-0.25, -0.2) is 0 Å². The molecule has 2 N–H and O–H groups in total. The molecule has 0 aliphatic heterocycles. The molecule has 0 atom stereocenters. The standard InChI is InChI=1S/C22H25ClN2O5/c1-16-14-18(9-10-19(16)23)30-15-21(27)25-24-20(26)11-12-22(28)29-13-5-8-17-6-3-2-4-7-17/h2-4,6-7,9-10,14H,5,8,11-13,15H2,1H3,(H,24,26)(H,25,27). The van der Waals surface area contributed by atoms with E-state index in [0.717, 1.165) is 12.0 Å². The molecular formula is C22H25ClN2O5. The van der Waals surface area contributed by atoms with Crippen LogP contribution in [0.1, 0.15) is 30.4 Å². The lowest BCUT2D eigenvalue weighted by atomic mass is 10.1. The van der Waals surface area contributed by atoms with Crippen molar-refractivity contribution in [2.75, 3.05) is 13.2 Å². The number of benzene rings is 2. The van der Waals surface area contributed by atoms with Crippen molar-refractivity contribution in [3.8, 4) is 5.75 Å². The van der Waals surface area contributed by atoms with Gasteiger partial charge in [0, 0.05) is 11.4 Å². The largest absolute Gasteiger partial charge is 0.484 e. The average molecular weight is 433 g/mol. The molecule has 0 fully saturated rings. The molecule has 2 aromatic rings. The first-order valence-electron chi connectivity index (χ1n) is 9.60. The molecular weight excluding hydrogens is 408 g/mol. The Hall–Kier alpha value is -3.06. The van der Waals surface area contributed by atoms with Crippen LogP contribution in [0.15, 0.2) is 48.5 Å². The van der Waals surface area contributed by atoms with Gasteiger partial charge in [0.25, 0.3) is 5.91 Å². The first kappa shape index (κ1) is 23.2. The lowest BCUT2D eigenvalue weighted by molar-refractivity contribution is -0.145. The first-order chi connectivity index (χ1) is 14.4. The fraction of sp³-hybridized carbons (Fsp3) is 0.318. The third-order valence-corrected chi connectivity index (χ3v) is 4.54. The number of amides is 2. The van der Waals surface area contributed by atoms with E-state index >= 15 is 0 Å². The molecule has 160 valence electrons. The summed E-state index contributed by atoms with van der Waals surface area (Å²) < 4.78 is 10.4. The highest BCUT2D eigenvalue weighted by Crippen LogP contribution is 2.20. The Bertz CT molecular complexity index is 858. The minimum absolute atomic E-state index is 0.0619. The van der Waals surface area contributed by atoms with Crippen LogP contribution in [0.5, 0.6) is 5.75 Å². The van der Waals surface area contributed by atoms with Crippen molar-refractivity contribution < 1.29 is 23.9 Å². The van der Waals surface area contributed by atoms with Gasteiger partial charge in [-0.2, -0.15) is 0 Å². The number of carbonyl (C=O) groups is 3. The maximum Gasteiger partial charge on any atom is 0.306 e. The molecule has 7 nitrogen and oxygen atoms in total. The summed E-state index contributed by atoms with van der Waals surface area (Å²) in [5.74, 6) is -0.981. The van der Waals surface area contributed by atoms with Crippen molar-refractivity contribution in [2.45, 2.75) is 32.6 Å². The monoisotopic (exact) mass is 432 g/mol. The van der Waals surface area contributed by atoms with E-state index in [1.54, 1.807) is 18.2 Å². The van der Waals surface area contributed by atoms with Crippen LogP contribution >= 0.6 is 11.6 Å². The Labute approximate surface area is 180 Å². The quantitative estimate of drug-likeness (QED) is 0.342. The third-order valence-electron chi connectivity index (χ3n) is 4.11. The van der Waals surface area contributed by atoms with Crippen LogP contribution in [0.3, 0.4) is 0 Å². The van der Waals surface area contributed by atoms with Gasteiger partial charge in [0.15, 0.2) is 6.61 Å². The van der Waals surface area contributed by atoms with E-state index < -0.39 is 17.8 Å². The number of rotatable bonds is 10. The van der Waals surface area contributed by atoms with E-state index in [1.165, 1.54) is 5.56 Å². The van der Waals surface area contributed by atoms with E-state index in [0.29, 0.717) is 23.8 Å². The average Bonchev–Trinajstić information content (AvgIpc) is 2.75. The second kappa shape index (κ2) is 12.5. The maximum absolute atomic E-state index is 11.7.